The Labute approximate surface area is 171 Å². The molecule has 0 bridgehead atoms. The van der Waals surface area contributed by atoms with E-state index >= 15 is 0 Å². The van der Waals surface area contributed by atoms with E-state index in [0.29, 0.717) is 28.1 Å². The van der Waals surface area contributed by atoms with Crippen LogP contribution in [-0.2, 0) is 4.74 Å². The van der Waals surface area contributed by atoms with Gasteiger partial charge in [0.25, 0.3) is 0 Å². The maximum Gasteiger partial charge on any atom is 0.153 e. The van der Waals surface area contributed by atoms with E-state index in [4.69, 9.17) is 21.3 Å². The van der Waals surface area contributed by atoms with Crippen LogP contribution in [0.25, 0.3) is 11.0 Å². The second-order valence-electron chi connectivity index (χ2n) is 8.18. The Kier molecular flexibility index (Phi) is 5.63. The van der Waals surface area contributed by atoms with Crippen LogP contribution in [0.1, 0.15) is 55.9 Å². The third-order valence-corrected chi connectivity index (χ3v) is 6.58. The third kappa shape index (κ3) is 3.53. The number of carbonyl (C=O) groups is 1. The summed E-state index contributed by atoms with van der Waals surface area (Å²) in [5.41, 5.74) is 2.86. The Morgan fingerprint density at radius 2 is 2.21 bits per heavy atom. The largest absolute Gasteiger partial charge is 0.370 e. The van der Waals surface area contributed by atoms with Gasteiger partial charge in [-0.05, 0) is 38.3 Å². The molecule has 152 valence electrons. The van der Waals surface area contributed by atoms with Crippen molar-refractivity contribution in [3.8, 4) is 0 Å². The Bertz CT molecular complexity index is 868. The summed E-state index contributed by atoms with van der Waals surface area (Å²) >= 11 is 6.70. The molecule has 2 aromatic rings. The van der Waals surface area contributed by atoms with Gasteiger partial charge in [0.2, 0.25) is 0 Å². The first-order valence-corrected chi connectivity index (χ1v) is 10.7. The van der Waals surface area contributed by atoms with Crippen LogP contribution in [0.5, 0.6) is 0 Å². The van der Waals surface area contributed by atoms with Gasteiger partial charge in [-0.3, -0.25) is 9.69 Å². The number of nitrogens with zero attached hydrogens (tertiary/aromatic N) is 3. The SMILES string of the molecule is CCN1CCN(c2cc3[nH]c(C4CC(C)CCO4)nc3c(C=O)c2Cl)C(C)C1. The highest BCUT2D eigenvalue weighted by molar-refractivity contribution is 6.37. The topological polar surface area (TPSA) is 61.5 Å². The lowest BCUT2D eigenvalue weighted by Gasteiger charge is -2.41. The average molecular weight is 405 g/mol. The lowest BCUT2D eigenvalue weighted by molar-refractivity contribution is -0.0108. The van der Waals surface area contributed by atoms with Gasteiger partial charge in [0, 0.05) is 32.3 Å². The average Bonchev–Trinajstić information content (AvgIpc) is 3.11. The number of nitrogens with one attached hydrogen (secondary N) is 1. The second kappa shape index (κ2) is 8.01. The molecule has 1 aromatic carbocycles. The predicted molar refractivity (Wildman–Crippen MR) is 113 cm³/mol. The number of aromatic amines is 1. The van der Waals surface area contributed by atoms with Gasteiger partial charge in [-0.2, -0.15) is 0 Å². The Balaban J connectivity index is 1.72. The molecule has 1 aromatic heterocycles. The smallest absolute Gasteiger partial charge is 0.153 e. The van der Waals surface area contributed by atoms with E-state index in [0.717, 1.165) is 68.9 Å². The molecule has 2 fully saturated rings. The molecular weight excluding hydrogens is 376 g/mol. The number of likely N-dealkylation sites (N-methyl/N-ethyl adjacent to an activating group) is 1. The minimum atomic E-state index is -0.0510. The van der Waals surface area contributed by atoms with Crippen LogP contribution in [0.3, 0.4) is 0 Å². The Morgan fingerprint density at radius 3 is 2.89 bits per heavy atom. The summed E-state index contributed by atoms with van der Waals surface area (Å²) in [4.78, 5) is 24.8. The predicted octanol–water partition coefficient (Wildman–Crippen LogP) is 4.05. The molecule has 0 saturated carbocycles. The molecule has 2 saturated heterocycles. The van der Waals surface area contributed by atoms with E-state index in [-0.39, 0.29) is 6.10 Å². The number of benzene rings is 1. The van der Waals surface area contributed by atoms with Gasteiger partial charge in [-0.25, -0.2) is 4.98 Å². The van der Waals surface area contributed by atoms with Crippen molar-refractivity contribution in [2.75, 3.05) is 37.7 Å². The van der Waals surface area contributed by atoms with Crippen molar-refractivity contribution >= 4 is 34.6 Å². The van der Waals surface area contributed by atoms with Crippen LogP contribution in [0.15, 0.2) is 6.07 Å². The summed E-state index contributed by atoms with van der Waals surface area (Å²) in [7, 11) is 0. The molecule has 1 N–H and O–H groups in total. The molecular formula is C21H29ClN4O2. The zero-order chi connectivity index (χ0) is 19.8. The molecule has 7 heteroatoms. The number of fused-ring (bicyclic) bond motifs is 1. The first-order chi connectivity index (χ1) is 13.5. The highest BCUT2D eigenvalue weighted by Gasteiger charge is 2.28. The van der Waals surface area contributed by atoms with E-state index in [1.165, 1.54) is 0 Å². The van der Waals surface area contributed by atoms with Crippen LogP contribution in [0, 0.1) is 5.92 Å². The van der Waals surface area contributed by atoms with Crippen molar-refractivity contribution in [3.05, 3.63) is 22.5 Å². The second-order valence-corrected chi connectivity index (χ2v) is 8.56. The van der Waals surface area contributed by atoms with Crippen molar-refractivity contribution in [1.29, 1.82) is 0 Å². The number of piperazine rings is 1. The van der Waals surface area contributed by atoms with E-state index in [1.54, 1.807) is 0 Å². The summed E-state index contributed by atoms with van der Waals surface area (Å²) < 4.78 is 5.92. The summed E-state index contributed by atoms with van der Waals surface area (Å²) in [6.45, 7) is 11.3. The number of carbonyl (C=O) groups excluding carboxylic acids is 1. The number of H-pyrrole nitrogens is 1. The maximum absolute atomic E-state index is 11.9. The first kappa shape index (κ1) is 19.7. The molecule has 3 atom stereocenters. The van der Waals surface area contributed by atoms with Gasteiger partial charge in [0.15, 0.2) is 6.29 Å². The minimum Gasteiger partial charge on any atom is -0.370 e. The monoisotopic (exact) mass is 404 g/mol. The molecule has 3 unspecified atom stereocenters. The Hall–Kier alpha value is -1.63. The molecule has 2 aliphatic heterocycles. The van der Waals surface area contributed by atoms with Crippen molar-refractivity contribution in [2.24, 2.45) is 5.92 Å². The number of ether oxygens (including phenoxy) is 1. The highest BCUT2D eigenvalue weighted by atomic mass is 35.5. The molecule has 6 nitrogen and oxygen atoms in total. The normalized spacial score (nSPS) is 26.7. The van der Waals surface area contributed by atoms with Gasteiger partial charge >= 0.3 is 0 Å². The molecule has 0 amide bonds. The van der Waals surface area contributed by atoms with Gasteiger partial charge in [-0.1, -0.05) is 25.4 Å². The van der Waals surface area contributed by atoms with Crippen molar-refractivity contribution in [3.63, 3.8) is 0 Å². The molecule has 0 aliphatic carbocycles. The number of imidazole rings is 1. The fraction of sp³-hybridized carbons (Fsp3) is 0.619. The standard InChI is InChI=1S/C21H29ClN4O2/c1-4-25-6-7-26(14(3)11-25)17-10-16-20(15(12-27)19(17)22)24-21(23-16)18-9-13(2)5-8-28-18/h10,12-14,18H,4-9,11H2,1-3H3,(H,23,24). The molecule has 28 heavy (non-hydrogen) atoms. The number of aldehydes is 1. The van der Waals surface area contributed by atoms with Crippen LogP contribution in [0.2, 0.25) is 5.02 Å². The summed E-state index contributed by atoms with van der Waals surface area (Å²) in [6.07, 6.45) is 2.79. The summed E-state index contributed by atoms with van der Waals surface area (Å²) in [6, 6.07) is 2.37. The number of halogens is 1. The van der Waals surface area contributed by atoms with Crippen molar-refractivity contribution in [1.82, 2.24) is 14.9 Å². The zero-order valence-corrected chi connectivity index (χ0v) is 17.6. The quantitative estimate of drug-likeness (QED) is 0.779. The van der Waals surface area contributed by atoms with E-state index in [9.17, 15) is 4.79 Å². The van der Waals surface area contributed by atoms with Crippen molar-refractivity contribution in [2.45, 2.75) is 45.8 Å². The van der Waals surface area contributed by atoms with Crippen LogP contribution in [0.4, 0.5) is 5.69 Å². The number of hydrogen-bond acceptors (Lipinski definition) is 5. The Morgan fingerprint density at radius 1 is 1.39 bits per heavy atom. The lowest BCUT2D eigenvalue weighted by Crippen LogP contribution is -2.52. The molecule has 4 rings (SSSR count). The van der Waals surface area contributed by atoms with Crippen LogP contribution >= 0.6 is 11.6 Å². The van der Waals surface area contributed by atoms with Crippen LogP contribution < -0.4 is 4.90 Å². The van der Waals surface area contributed by atoms with E-state index in [1.807, 2.05) is 6.07 Å². The molecule has 0 radical (unpaired) electrons. The fourth-order valence-corrected chi connectivity index (χ4v) is 4.76. The van der Waals surface area contributed by atoms with Gasteiger partial charge < -0.3 is 14.6 Å². The lowest BCUT2D eigenvalue weighted by atomic mass is 9.97. The summed E-state index contributed by atoms with van der Waals surface area (Å²) in [5.74, 6) is 1.40. The molecule has 0 spiro atoms. The minimum absolute atomic E-state index is 0.0510. The number of aromatic nitrogens is 2. The van der Waals surface area contributed by atoms with Gasteiger partial charge in [-0.15, -0.1) is 0 Å². The number of anilines is 1. The zero-order valence-electron chi connectivity index (χ0n) is 16.9. The number of rotatable bonds is 4. The van der Waals surface area contributed by atoms with Crippen molar-refractivity contribution < 1.29 is 9.53 Å². The third-order valence-electron chi connectivity index (χ3n) is 6.18. The van der Waals surface area contributed by atoms with E-state index in [2.05, 4.69) is 35.6 Å². The molecule has 3 heterocycles. The highest BCUT2D eigenvalue weighted by Crippen LogP contribution is 2.38. The van der Waals surface area contributed by atoms with Gasteiger partial charge in [0.1, 0.15) is 17.4 Å². The summed E-state index contributed by atoms with van der Waals surface area (Å²) in [5, 5.41) is 0.496. The van der Waals surface area contributed by atoms with E-state index < -0.39 is 0 Å². The van der Waals surface area contributed by atoms with Crippen LogP contribution in [-0.4, -0.2) is 60.0 Å². The fourth-order valence-electron chi connectivity index (χ4n) is 4.46. The van der Waals surface area contributed by atoms with Gasteiger partial charge in [0.05, 0.1) is 21.8 Å². The first-order valence-electron chi connectivity index (χ1n) is 10.3. The molecule has 2 aliphatic rings. The maximum atomic E-state index is 11.9. The number of hydrogen-bond donors (Lipinski definition) is 1.